The zero-order valence-corrected chi connectivity index (χ0v) is 21.1. The van der Waals surface area contributed by atoms with E-state index < -0.39 is 6.04 Å². The molecule has 3 rings (SSSR count). The highest BCUT2D eigenvalue weighted by Gasteiger charge is 2.31. The fourth-order valence-electron chi connectivity index (χ4n) is 3.78. The van der Waals surface area contributed by atoms with Gasteiger partial charge >= 0.3 is 0 Å². The van der Waals surface area contributed by atoms with Gasteiger partial charge in [0.1, 0.15) is 11.8 Å². The van der Waals surface area contributed by atoms with Gasteiger partial charge in [0, 0.05) is 24.5 Å². The van der Waals surface area contributed by atoms with Gasteiger partial charge in [-0.3, -0.25) is 9.59 Å². The van der Waals surface area contributed by atoms with Crippen molar-refractivity contribution in [3.05, 3.63) is 101 Å². The lowest BCUT2D eigenvalue weighted by molar-refractivity contribution is -0.142. The molecule has 0 saturated heterocycles. The Labute approximate surface area is 213 Å². The number of benzene rings is 3. The van der Waals surface area contributed by atoms with E-state index in [1.807, 2.05) is 79.7 Å². The summed E-state index contributed by atoms with van der Waals surface area (Å²) in [6.45, 7) is 4.65. The van der Waals surface area contributed by atoms with Crippen LogP contribution in [0.1, 0.15) is 37.0 Å². The Morgan fingerprint density at radius 1 is 0.914 bits per heavy atom. The molecule has 3 aromatic carbocycles. The maximum absolute atomic E-state index is 13.5. The van der Waals surface area contributed by atoms with Gasteiger partial charge in [-0.1, -0.05) is 86.1 Å². The second-order valence-electron chi connectivity index (χ2n) is 8.40. The first kappa shape index (κ1) is 26.3. The number of amides is 2. The monoisotopic (exact) mass is 492 g/mol. The average Bonchev–Trinajstić information content (AvgIpc) is 2.89. The number of halogens is 1. The van der Waals surface area contributed by atoms with Crippen LogP contribution >= 0.6 is 11.6 Å². The summed E-state index contributed by atoms with van der Waals surface area (Å²) in [7, 11) is 0. The molecule has 0 bridgehead atoms. The molecule has 6 heteroatoms. The molecular formula is C29H33ClN2O3. The van der Waals surface area contributed by atoms with E-state index in [1.165, 1.54) is 5.56 Å². The molecule has 184 valence electrons. The van der Waals surface area contributed by atoms with E-state index in [-0.39, 0.29) is 25.0 Å². The summed E-state index contributed by atoms with van der Waals surface area (Å²) < 4.78 is 5.82. The molecule has 0 radical (unpaired) electrons. The molecule has 0 aliphatic heterocycles. The van der Waals surface area contributed by atoms with E-state index in [0.717, 1.165) is 24.0 Å². The summed E-state index contributed by atoms with van der Waals surface area (Å²) in [5, 5.41) is 3.52. The van der Waals surface area contributed by atoms with Crippen molar-refractivity contribution >= 4 is 23.4 Å². The maximum atomic E-state index is 13.5. The van der Waals surface area contributed by atoms with Crippen molar-refractivity contribution in [1.29, 1.82) is 0 Å². The van der Waals surface area contributed by atoms with Crippen LogP contribution in [0.3, 0.4) is 0 Å². The number of carbonyl (C=O) groups is 2. The number of hydrogen-bond acceptors (Lipinski definition) is 3. The lowest BCUT2D eigenvalue weighted by Gasteiger charge is -2.31. The van der Waals surface area contributed by atoms with Crippen molar-refractivity contribution in [2.45, 2.75) is 45.7 Å². The molecule has 35 heavy (non-hydrogen) atoms. The lowest BCUT2D eigenvalue weighted by atomic mass is 10.0. The third kappa shape index (κ3) is 7.86. The van der Waals surface area contributed by atoms with Gasteiger partial charge in [-0.05, 0) is 47.7 Å². The van der Waals surface area contributed by atoms with Crippen LogP contribution < -0.4 is 10.1 Å². The Morgan fingerprint density at radius 3 is 2.26 bits per heavy atom. The minimum Gasteiger partial charge on any atom is -0.484 e. The quantitative estimate of drug-likeness (QED) is 0.366. The molecule has 2 amide bonds. The van der Waals surface area contributed by atoms with Crippen LogP contribution in [0.25, 0.3) is 0 Å². The van der Waals surface area contributed by atoms with Gasteiger partial charge in [-0.25, -0.2) is 0 Å². The normalized spacial score (nSPS) is 11.5. The molecule has 0 spiro atoms. The predicted molar refractivity (Wildman–Crippen MR) is 141 cm³/mol. The Balaban J connectivity index is 1.88. The molecule has 0 fully saturated rings. The first-order chi connectivity index (χ1) is 17.0. The van der Waals surface area contributed by atoms with Crippen LogP contribution in [0.5, 0.6) is 5.75 Å². The largest absolute Gasteiger partial charge is 0.484 e. The van der Waals surface area contributed by atoms with Gasteiger partial charge in [0.25, 0.3) is 5.91 Å². The maximum Gasteiger partial charge on any atom is 0.261 e. The van der Waals surface area contributed by atoms with Gasteiger partial charge in [-0.2, -0.15) is 0 Å². The highest BCUT2D eigenvalue weighted by Crippen LogP contribution is 2.21. The zero-order chi connectivity index (χ0) is 25.0. The second-order valence-corrected chi connectivity index (χ2v) is 8.80. The third-order valence-electron chi connectivity index (χ3n) is 5.81. The minimum atomic E-state index is -0.709. The first-order valence-corrected chi connectivity index (χ1v) is 12.5. The summed E-state index contributed by atoms with van der Waals surface area (Å²) >= 11 is 6.43. The van der Waals surface area contributed by atoms with Gasteiger partial charge in [-0.15, -0.1) is 0 Å². The van der Waals surface area contributed by atoms with Crippen molar-refractivity contribution in [3.8, 4) is 5.75 Å². The second kappa shape index (κ2) is 13.5. The van der Waals surface area contributed by atoms with E-state index in [9.17, 15) is 9.59 Å². The molecule has 1 unspecified atom stereocenters. The van der Waals surface area contributed by atoms with Crippen LogP contribution in [0.15, 0.2) is 78.9 Å². The molecule has 0 aliphatic carbocycles. The topological polar surface area (TPSA) is 58.6 Å². The molecule has 0 aromatic heterocycles. The average molecular weight is 493 g/mol. The zero-order valence-electron chi connectivity index (χ0n) is 20.4. The van der Waals surface area contributed by atoms with Crippen LogP contribution in [0, 0.1) is 0 Å². The van der Waals surface area contributed by atoms with Crippen molar-refractivity contribution in [3.63, 3.8) is 0 Å². The number of carbonyl (C=O) groups excluding carboxylic acids is 2. The van der Waals surface area contributed by atoms with Gasteiger partial charge in [0.2, 0.25) is 5.91 Å². The van der Waals surface area contributed by atoms with Crippen molar-refractivity contribution < 1.29 is 14.3 Å². The molecular weight excluding hydrogens is 460 g/mol. The summed E-state index contributed by atoms with van der Waals surface area (Å²) in [6, 6.07) is 24.1. The molecule has 0 heterocycles. The van der Waals surface area contributed by atoms with Crippen LogP contribution in [-0.2, 0) is 29.0 Å². The van der Waals surface area contributed by atoms with Crippen LogP contribution in [0.4, 0.5) is 0 Å². The Kier molecular flexibility index (Phi) is 10.2. The number of aryl methyl sites for hydroxylation is 1. The fourth-order valence-corrected chi connectivity index (χ4v) is 3.97. The molecule has 0 saturated carbocycles. The fraction of sp³-hybridized carbons (Fsp3) is 0.310. The summed E-state index contributed by atoms with van der Waals surface area (Å²) in [6.07, 6.45) is 2.12. The van der Waals surface area contributed by atoms with Gasteiger partial charge in [0.05, 0.1) is 0 Å². The number of ether oxygens (including phenoxy) is 1. The summed E-state index contributed by atoms with van der Waals surface area (Å²) in [5.41, 5.74) is 2.94. The highest BCUT2D eigenvalue weighted by molar-refractivity contribution is 6.31. The van der Waals surface area contributed by atoms with E-state index >= 15 is 0 Å². The summed E-state index contributed by atoms with van der Waals surface area (Å²) in [4.78, 5) is 28.4. The molecule has 1 N–H and O–H groups in total. The smallest absolute Gasteiger partial charge is 0.261 e. The Bertz CT molecular complexity index is 1090. The van der Waals surface area contributed by atoms with Gasteiger partial charge < -0.3 is 15.0 Å². The van der Waals surface area contributed by atoms with E-state index in [0.29, 0.717) is 23.7 Å². The Morgan fingerprint density at radius 2 is 1.60 bits per heavy atom. The molecule has 0 aliphatic rings. The van der Waals surface area contributed by atoms with Crippen molar-refractivity contribution in [2.75, 3.05) is 13.2 Å². The lowest BCUT2D eigenvalue weighted by Crippen LogP contribution is -2.51. The SMILES string of the molecule is CCCNC(=O)C(Cc1ccccc1)N(Cc1ccccc1Cl)C(=O)COc1ccc(CC)cc1. The number of nitrogens with one attached hydrogen (secondary N) is 1. The van der Waals surface area contributed by atoms with E-state index in [1.54, 1.807) is 11.0 Å². The Hall–Kier alpha value is -3.31. The standard InChI is InChI=1S/C29H33ClN2O3/c1-3-18-31-29(34)27(19-23-10-6-5-7-11-23)32(20-24-12-8-9-13-26(24)30)28(33)21-35-25-16-14-22(4-2)15-17-25/h5-17,27H,3-4,18-21H2,1-2H3,(H,31,34). The van der Waals surface area contributed by atoms with Gasteiger partial charge in [0.15, 0.2) is 6.61 Å². The van der Waals surface area contributed by atoms with Crippen molar-refractivity contribution in [2.24, 2.45) is 0 Å². The highest BCUT2D eigenvalue weighted by atomic mass is 35.5. The minimum absolute atomic E-state index is 0.178. The number of rotatable bonds is 12. The number of nitrogens with zero attached hydrogens (tertiary/aromatic N) is 1. The third-order valence-corrected chi connectivity index (χ3v) is 6.18. The molecule has 3 aromatic rings. The number of hydrogen-bond donors (Lipinski definition) is 1. The van der Waals surface area contributed by atoms with E-state index in [2.05, 4.69) is 12.2 Å². The first-order valence-electron chi connectivity index (χ1n) is 12.1. The van der Waals surface area contributed by atoms with E-state index in [4.69, 9.17) is 16.3 Å². The van der Waals surface area contributed by atoms with Crippen molar-refractivity contribution in [1.82, 2.24) is 10.2 Å². The summed E-state index contributed by atoms with van der Waals surface area (Å²) in [5.74, 6) is 0.142. The molecule has 1 atom stereocenters. The molecule has 5 nitrogen and oxygen atoms in total. The predicted octanol–water partition coefficient (Wildman–Crippen LogP) is 5.45. The van der Waals surface area contributed by atoms with Crippen LogP contribution in [0.2, 0.25) is 5.02 Å². The van der Waals surface area contributed by atoms with Crippen LogP contribution in [-0.4, -0.2) is 35.9 Å².